The molecule has 1 heterocycles. The summed E-state index contributed by atoms with van der Waals surface area (Å²) < 4.78 is 13.6. The fraction of sp³-hybridized carbons (Fsp3) is 0.150. The molecular formula is C20H18ClFN4O. The van der Waals surface area contributed by atoms with Crippen molar-refractivity contribution in [1.29, 1.82) is 0 Å². The third-order valence-electron chi connectivity index (χ3n) is 4.04. The molecule has 0 atom stereocenters. The first-order chi connectivity index (χ1) is 13.0. The summed E-state index contributed by atoms with van der Waals surface area (Å²) >= 11 is 6.11. The molecule has 7 heteroatoms. The van der Waals surface area contributed by atoms with Crippen LogP contribution < -0.4 is 10.6 Å². The second-order valence-corrected chi connectivity index (χ2v) is 6.31. The molecule has 3 aromatic rings. The fourth-order valence-corrected chi connectivity index (χ4v) is 2.69. The highest BCUT2D eigenvalue weighted by Gasteiger charge is 2.10. The molecule has 0 aliphatic rings. The van der Waals surface area contributed by atoms with E-state index in [-0.39, 0.29) is 17.4 Å². The van der Waals surface area contributed by atoms with Crippen LogP contribution in [0.15, 0.2) is 54.7 Å². The van der Waals surface area contributed by atoms with E-state index in [1.165, 1.54) is 18.3 Å². The van der Waals surface area contributed by atoms with Crippen molar-refractivity contribution >= 4 is 29.1 Å². The van der Waals surface area contributed by atoms with Crippen molar-refractivity contribution in [3.63, 3.8) is 0 Å². The topological polar surface area (TPSA) is 66.9 Å². The van der Waals surface area contributed by atoms with E-state index in [0.29, 0.717) is 29.5 Å². The van der Waals surface area contributed by atoms with Crippen LogP contribution in [-0.4, -0.2) is 22.4 Å². The maximum absolute atomic E-state index is 13.6. The van der Waals surface area contributed by atoms with Crippen LogP contribution in [0.4, 0.5) is 16.0 Å². The van der Waals surface area contributed by atoms with Crippen molar-refractivity contribution in [3.05, 3.63) is 82.4 Å². The molecular weight excluding hydrogens is 367 g/mol. The summed E-state index contributed by atoms with van der Waals surface area (Å²) in [5.41, 5.74) is 2.40. The maximum Gasteiger partial charge on any atom is 0.270 e. The lowest BCUT2D eigenvalue weighted by atomic mass is 10.1. The molecule has 0 radical (unpaired) electrons. The Labute approximate surface area is 161 Å². The molecule has 5 nitrogen and oxygen atoms in total. The Kier molecular flexibility index (Phi) is 5.98. The number of aromatic nitrogens is 2. The standard InChI is InChI=1S/C20H18ClFN4O/c1-13-15(21)6-4-8-17(13)25-20-24-12-10-18(26-20)19(27)23-11-9-14-5-2-3-7-16(14)22/h2-8,10,12H,9,11H2,1H3,(H,23,27)(H,24,25,26). The third kappa shape index (κ3) is 4.80. The summed E-state index contributed by atoms with van der Waals surface area (Å²) in [5.74, 6) is -0.334. The maximum atomic E-state index is 13.6. The van der Waals surface area contributed by atoms with Crippen LogP contribution >= 0.6 is 11.6 Å². The molecule has 138 valence electrons. The van der Waals surface area contributed by atoms with Gasteiger partial charge in [0.1, 0.15) is 11.5 Å². The summed E-state index contributed by atoms with van der Waals surface area (Å²) in [7, 11) is 0. The molecule has 0 saturated heterocycles. The monoisotopic (exact) mass is 384 g/mol. The predicted molar refractivity (Wildman–Crippen MR) is 104 cm³/mol. The van der Waals surface area contributed by atoms with Gasteiger partial charge >= 0.3 is 0 Å². The Balaban J connectivity index is 1.63. The summed E-state index contributed by atoms with van der Waals surface area (Å²) in [6.07, 6.45) is 1.90. The summed E-state index contributed by atoms with van der Waals surface area (Å²) in [6, 6.07) is 13.5. The van der Waals surface area contributed by atoms with Gasteiger partial charge in [0.15, 0.2) is 0 Å². The zero-order valence-corrected chi connectivity index (χ0v) is 15.4. The van der Waals surface area contributed by atoms with Crippen LogP contribution in [0.1, 0.15) is 21.6 Å². The second kappa shape index (κ2) is 8.60. The first-order valence-corrected chi connectivity index (χ1v) is 8.79. The molecule has 0 aliphatic carbocycles. The number of anilines is 2. The molecule has 2 aromatic carbocycles. The highest BCUT2D eigenvalue weighted by Crippen LogP contribution is 2.24. The molecule has 27 heavy (non-hydrogen) atoms. The van der Waals surface area contributed by atoms with E-state index >= 15 is 0 Å². The van der Waals surface area contributed by atoms with Gasteiger partial charge in [-0.15, -0.1) is 0 Å². The van der Waals surface area contributed by atoms with Crippen molar-refractivity contribution in [3.8, 4) is 0 Å². The van der Waals surface area contributed by atoms with E-state index in [1.807, 2.05) is 19.1 Å². The zero-order chi connectivity index (χ0) is 19.2. The molecule has 3 rings (SSSR count). The lowest BCUT2D eigenvalue weighted by Gasteiger charge is -2.10. The van der Waals surface area contributed by atoms with Crippen molar-refractivity contribution < 1.29 is 9.18 Å². The molecule has 0 fully saturated rings. The Hall–Kier alpha value is -2.99. The molecule has 1 aromatic heterocycles. The largest absolute Gasteiger partial charge is 0.350 e. The Morgan fingerprint density at radius 3 is 2.78 bits per heavy atom. The highest BCUT2D eigenvalue weighted by atomic mass is 35.5. The average Bonchev–Trinajstić information content (AvgIpc) is 2.67. The summed E-state index contributed by atoms with van der Waals surface area (Å²) in [4.78, 5) is 20.7. The van der Waals surface area contributed by atoms with Gasteiger partial charge < -0.3 is 10.6 Å². The number of nitrogens with one attached hydrogen (secondary N) is 2. The van der Waals surface area contributed by atoms with Crippen LogP contribution in [0, 0.1) is 12.7 Å². The van der Waals surface area contributed by atoms with Gasteiger partial charge in [-0.2, -0.15) is 0 Å². The van der Waals surface area contributed by atoms with E-state index in [9.17, 15) is 9.18 Å². The highest BCUT2D eigenvalue weighted by molar-refractivity contribution is 6.31. The van der Waals surface area contributed by atoms with Gasteiger partial charge in [-0.25, -0.2) is 14.4 Å². The van der Waals surface area contributed by atoms with Crippen LogP contribution in [0.2, 0.25) is 5.02 Å². The van der Waals surface area contributed by atoms with E-state index in [4.69, 9.17) is 11.6 Å². The molecule has 0 unspecified atom stereocenters. The van der Waals surface area contributed by atoms with E-state index in [0.717, 1.165) is 11.3 Å². The van der Waals surface area contributed by atoms with Gasteiger partial charge in [0.05, 0.1) is 0 Å². The minimum absolute atomic E-state index is 0.223. The number of halogens is 2. The predicted octanol–water partition coefficient (Wildman–Crippen LogP) is 4.29. The second-order valence-electron chi connectivity index (χ2n) is 5.90. The summed E-state index contributed by atoms with van der Waals surface area (Å²) in [6.45, 7) is 2.18. The molecule has 1 amide bonds. The van der Waals surface area contributed by atoms with Gasteiger partial charge in [0.2, 0.25) is 5.95 Å². The van der Waals surface area contributed by atoms with Crippen molar-refractivity contribution in [2.75, 3.05) is 11.9 Å². The number of benzene rings is 2. The number of rotatable bonds is 6. The first-order valence-electron chi connectivity index (χ1n) is 8.41. The molecule has 2 N–H and O–H groups in total. The molecule has 0 bridgehead atoms. The minimum Gasteiger partial charge on any atom is -0.350 e. The third-order valence-corrected chi connectivity index (χ3v) is 4.45. The van der Waals surface area contributed by atoms with Gasteiger partial charge in [-0.05, 0) is 48.7 Å². The smallest absolute Gasteiger partial charge is 0.270 e. The normalized spacial score (nSPS) is 10.5. The number of carbonyl (C=O) groups excluding carboxylic acids is 1. The van der Waals surface area contributed by atoms with Crippen molar-refractivity contribution in [1.82, 2.24) is 15.3 Å². The van der Waals surface area contributed by atoms with Crippen LogP contribution in [0.5, 0.6) is 0 Å². The summed E-state index contributed by atoms with van der Waals surface area (Å²) in [5, 5.41) is 6.43. The van der Waals surface area contributed by atoms with Gasteiger partial charge in [-0.3, -0.25) is 4.79 Å². The number of hydrogen-bond donors (Lipinski definition) is 2. The van der Waals surface area contributed by atoms with Crippen LogP contribution in [0.3, 0.4) is 0 Å². The first kappa shape index (κ1) is 18.8. The van der Waals surface area contributed by atoms with Crippen LogP contribution in [0.25, 0.3) is 0 Å². The average molecular weight is 385 g/mol. The Morgan fingerprint density at radius 1 is 1.15 bits per heavy atom. The van der Waals surface area contributed by atoms with Crippen LogP contribution in [-0.2, 0) is 6.42 Å². The van der Waals surface area contributed by atoms with E-state index in [2.05, 4.69) is 20.6 Å². The zero-order valence-electron chi connectivity index (χ0n) is 14.7. The fourth-order valence-electron chi connectivity index (χ4n) is 2.51. The molecule has 0 spiro atoms. The van der Waals surface area contributed by atoms with Crippen molar-refractivity contribution in [2.24, 2.45) is 0 Å². The lowest BCUT2D eigenvalue weighted by molar-refractivity contribution is 0.0949. The Morgan fingerprint density at radius 2 is 1.96 bits per heavy atom. The van der Waals surface area contributed by atoms with E-state index in [1.54, 1.807) is 24.3 Å². The number of amides is 1. The minimum atomic E-state index is -0.348. The molecule has 0 saturated carbocycles. The van der Waals surface area contributed by atoms with Gasteiger partial charge in [0.25, 0.3) is 5.91 Å². The number of carbonyl (C=O) groups is 1. The van der Waals surface area contributed by atoms with Gasteiger partial charge in [-0.1, -0.05) is 35.9 Å². The number of hydrogen-bond acceptors (Lipinski definition) is 4. The Bertz CT molecular complexity index is 964. The lowest BCUT2D eigenvalue weighted by Crippen LogP contribution is -2.27. The van der Waals surface area contributed by atoms with Crippen molar-refractivity contribution in [2.45, 2.75) is 13.3 Å². The van der Waals surface area contributed by atoms with Gasteiger partial charge in [0, 0.05) is 23.5 Å². The SMILES string of the molecule is Cc1c(Cl)cccc1Nc1nccc(C(=O)NCCc2ccccc2F)n1. The molecule has 0 aliphatic heterocycles. The van der Waals surface area contributed by atoms with E-state index < -0.39 is 0 Å². The number of nitrogens with zero attached hydrogens (tertiary/aromatic N) is 2. The quantitative estimate of drug-likeness (QED) is 0.665.